The topological polar surface area (TPSA) is 38.5 Å². The van der Waals surface area contributed by atoms with Crippen molar-refractivity contribution < 1.29 is 4.74 Å². The number of hydrogen-bond acceptors (Lipinski definition) is 3. The summed E-state index contributed by atoms with van der Waals surface area (Å²) in [6.07, 6.45) is 1.91. The Balaban J connectivity index is 4.15. The number of nitrogens with two attached hydrogens (primary N) is 1. The predicted molar refractivity (Wildman–Crippen MR) is 61.4 cm³/mol. The molecule has 0 aliphatic carbocycles. The largest absolute Gasteiger partial charge is 0.383 e. The third kappa shape index (κ3) is 5.37. The highest BCUT2D eigenvalue weighted by molar-refractivity contribution is 4.85. The maximum atomic E-state index is 5.91. The number of rotatable bonds is 6. The van der Waals surface area contributed by atoms with Gasteiger partial charge in [0.25, 0.3) is 0 Å². The van der Waals surface area contributed by atoms with Crippen LogP contribution in [0.25, 0.3) is 0 Å². The fraction of sp³-hybridized carbons (Fsp3) is 0.818. The zero-order valence-electron chi connectivity index (χ0n) is 9.92. The van der Waals surface area contributed by atoms with Crippen LogP contribution in [0.4, 0.5) is 0 Å². The molecule has 3 heteroatoms. The molecular weight excluding hydrogens is 176 g/mol. The molecule has 1 unspecified atom stereocenters. The number of methoxy groups -OCH3 is 1. The standard InChI is InChI=1S/C11H24N2O/c1-6-7-13(11(2,3)4)8-10(12)9-14-5/h6,10H,1,7-9,12H2,2-5H3. The summed E-state index contributed by atoms with van der Waals surface area (Å²) >= 11 is 0. The average molecular weight is 200 g/mol. The van der Waals surface area contributed by atoms with E-state index < -0.39 is 0 Å². The first kappa shape index (κ1) is 13.6. The van der Waals surface area contributed by atoms with Crippen LogP contribution in [-0.4, -0.2) is 43.3 Å². The van der Waals surface area contributed by atoms with Crippen LogP contribution in [0, 0.1) is 0 Å². The second kappa shape index (κ2) is 6.17. The van der Waals surface area contributed by atoms with E-state index in [0.29, 0.717) is 6.61 Å². The van der Waals surface area contributed by atoms with Gasteiger partial charge in [0.05, 0.1) is 6.61 Å². The number of nitrogens with zero attached hydrogens (tertiary/aromatic N) is 1. The van der Waals surface area contributed by atoms with Gasteiger partial charge in [0.15, 0.2) is 0 Å². The van der Waals surface area contributed by atoms with Gasteiger partial charge in [-0.1, -0.05) is 6.08 Å². The summed E-state index contributed by atoms with van der Waals surface area (Å²) in [5.74, 6) is 0. The van der Waals surface area contributed by atoms with Gasteiger partial charge in [-0.25, -0.2) is 0 Å². The lowest BCUT2D eigenvalue weighted by atomic mass is 10.1. The first-order chi connectivity index (χ1) is 6.41. The van der Waals surface area contributed by atoms with Crippen molar-refractivity contribution in [3.8, 4) is 0 Å². The molecule has 0 aliphatic heterocycles. The summed E-state index contributed by atoms with van der Waals surface area (Å²) in [5, 5.41) is 0. The molecule has 0 bridgehead atoms. The van der Waals surface area contributed by atoms with E-state index in [1.54, 1.807) is 7.11 Å². The minimum absolute atomic E-state index is 0.0687. The van der Waals surface area contributed by atoms with Crippen molar-refractivity contribution in [2.45, 2.75) is 32.4 Å². The third-order valence-electron chi connectivity index (χ3n) is 2.13. The molecule has 84 valence electrons. The van der Waals surface area contributed by atoms with Gasteiger partial charge < -0.3 is 10.5 Å². The lowest BCUT2D eigenvalue weighted by Crippen LogP contribution is -2.49. The maximum absolute atomic E-state index is 5.91. The Morgan fingerprint density at radius 3 is 2.43 bits per heavy atom. The molecule has 14 heavy (non-hydrogen) atoms. The van der Waals surface area contributed by atoms with Gasteiger partial charge >= 0.3 is 0 Å². The molecule has 0 heterocycles. The lowest BCUT2D eigenvalue weighted by molar-refractivity contribution is 0.111. The molecule has 0 radical (unpaired) electrons. The van der Waals surface area contributed by atoms with Crippen LogP contribution in [0.15, 0.2) is 12.7 Å². The molecule has 2 N–H and O–H groups in total. The van der Waals surface area contributed by atoms with E-state index in [1.165, 1.54) is 0 Å². The van der Waals surface area contributed by atoms with Gasteiger partial charge in [0.2, 0.25) is 0 Å². The molecule has 0 amide bonds. The minimum Gasteiger partial charge on any atom is -0.383 e. The predicted octanol–water partition coefficient (Wildman–Crippen LogP) is 1.25. The monoisotopic (exact) mass is 200 g/mol. The van der Waals surface area contributed by atoms with Crippen LogP contribution in [-0.2, 0) is 4.74 Å². The second-order valence-electron chi connectivity index (χ2n) is 4.58. The first-order valence-electron chi connectivity index (χ1n) is 5.02. The SMILES string of the molecule is C=CCN(CC(N)COC)C(C)(C)C. The third-order valence-corrected chi connectivity index (χ3v) is 2.13. The van der Waals surface area contributed by atoms with E-state index in [0.717, 1.165) is 13.1 Å². The van der Waals surface area contributed by atoms with Crippen molar-refractivity contribution >= 4 is 0 Å². The minimum atomic E-state index is 0.0687. The summed E-state index contributed by atoms with van der Waals surface area (Å²) in [6.45, 7) is 12.6. The number of hydrogen-bond donors (Lipinski definition) is 1. The van der Waals surface area contributed by atoms with Gasteiger partial charge in [0.1, 0.15) is 0 Å². The summed E-state index contributed by atoms with van der Waals surface area (Å²) in [4.78, 5) is 2.30. The van der Waals surface area contributed by atoms with Crippen LogP contribution in [0.1, 0.15) is 20.8 Å². The highest BCUT2D eigenvalue weighted by Crippen LogP contribution is 2.12. The zero-order valence-corrected chi connectivity index (χ0v) is 9.92. The number of ether oxygens (including phenoxy) is 1. The normalized spacial score (nSPS) is 14.4. The molecular formula is C11H24N2O. The second-order valence-corrected chi connectivity index (χ2v) is 4.58. The van der Waals surface area contributed by atoms with Crippen LogP contribution < -0.4 is 5.73 Å². The van der Waals surface area contributed by atoms with E-state index in [9.17, 15) is 0 Å². The van der Waals surface area contributed by atoms with E-state index in [4.69, 9.17) is 10.5 Å². The zero-order chi connectivity index (χ0) is 11.2. The molecule has 0 fully saturated rings. The van der Waals surface area contributed by atoms with Crippen molar-refractivity contribution in [1.29, 1.82) is 0 Å². The molecule has 0 aromatic heterocycles. The Morgan fingerprint density at radius 1 is 1.50 bits per heavy atom. The Labute approximate surface area is 87.9 Å². The Morgan fingerprint density at radius 2 is 2.07 bits per heavy atom. The van der Waals surface area contributed by atoms with Crippen molar-refractivity contribution in [3.05, 3.63) is 12.7 Å². The van der Waals surface area contributed by atoms with Crippen LogP contribution in [0.3, 0.4) is 0 Å². The van der Waals surface area contributed by atoms with E-state index in [1.807, 2.05) is 6.08 Å². The van der Waals surface area contributed by atoms with Crippen molar-refractivity contribution in [2.75, 3.05) is 26.8 Å². The molecule has 3 nitrogen and oxygen atoms in total. The molecule has 0 spiro atoms. The van der Waals surface area contributed by atoms with Gasteiger partial charge in [-0.3, -0.25) is 4.90 Å². The van der Waals surface area contributed by atoms with Crippen LogP contribution >= 0.6 is 0 Å². The van der Waals surface area contributed by atoms with E-state index in [2.05, 4.69) is 32.3 Å². The average Bonchev–Trinajstić information content (AvgIpc) is 2.02. The Bertz CT molecular complexity index is 163. The summed E-state index contributed by atoms with van der Waals surface area (Å²) in [7, 11) is 1.68. The molecule has 0 saturated heterocycles. The molecule has 0 saturated carbocycles. The molecule has 1 atom stereocenters. The Kier molecular flexibility index (Phi) is 6.00. The van der Waals surface area contributed by atoms with E-state index in [-0.39, 0.29) is 11.6 Å². The van der Waals surface area contributed by atoms with Crippen LogP contribution in [0.2, 0.25) is 0 Å². The lowest BCUT2D eigenvalue weighted by Gasteiger charge is -2.36. The molecule has 0 rings (SSSR count). The van der Waals surface area contributed by atoms with Crippen LogP contribution in [0.5, 0.6) is 0 Å². The van der Waals surface area contributed by atoms with Crippen molar-refractivity contribution in [3.63, 3.8) is 0 Å². The molecule has 0 aromatic rings. The molecule has 0 aromatic carbocycles. The Hall–Kier alpha value is -0.380. The summed E-state index contributed by atoms with van der Waals surface area (Å²) in [5.41, 5.74) is 6.04. The quantitative estimate of drug-likeness (QED) is 0.656. The van der Waals surface area contributed by atoms with Gasteiger partial charge in [-0.2, -0.15) is 0 Å². The van der Waals surface area contributed by atoms with Gasteiger partial charge in [0, 0.05) is 31.8 Å². The maximum Gasteiger partial charge on any atom is 0.0626 e. The van der Waals surface area contributed by atoms with Gasteiger partial charge in [-0.15, -0.1) is 6.58 Å². The molecule has 0 aliphatic rings. The van der Waals surface area contributed by atoms with Gasteiger partial charge in [-0.05, 0) is 20.8 Å². The smallest absolute Gasteiger partial charge is 0.0626 e. The fourth-order valence-corrected chi connectivity index (χ4v) is 1.33. The first-order valence-corrected chi connectivity index (χ1v) is 5.02. The highest BCUT2D eigenvalue weighted by Gasteiger charge is 2.21. The summed E-state index contributed by atoms with van der Waals surface area (Å²) in [6, 6.07) is 0.0687. The highest BCUT2D eigenvalue weighted by atomic mass is 16.5. The van der Waals surface area contributed by atoms with E-state index >= 15 is 0 Å². The fourth-order valence-electron chi connectivity index (χ4n) is 1.33. The van der Waals surface area contributed by atoms with Crippen molar-refractivity contribution in [2.24, 2.45) is 5.73 Å². The summed E-state index contributed by atoms with van der Waals surface area (Å²) < 4.78 is 5.02. The van der Waals surface area contributed by atoms with Crippen molar-refractivity contribution in [1.82, 2.24) is 4.90 Å².